The lowest BCUT2D eigenvalue weighted by Gasteiger charge is -2.39. The van der Waals surface area contributed by atoms with Crippen molar-refractivity contribution >= 4 is 15.9 Å². The number of benzene rings is 1. The first-order valence-electron chi connectivity index (χ1n) is 7.53. The summed E-state index contributed by atoms with van der Waals surface area (Å²) >= 11 is 3.61. The van der Waals surface area contributed by atoms with Crippen molar-refractivity contribution in [2.75, 3.05) is 0 Å². The molecule has 0 heterocycles. The molecule has 1 aromatic rings. The van der Waals surface area contributed by atoms with E-state index in [1.165, 1.54) is 19.3 Å². The van der Waals surface area contributed by atoms with Crippen LogP contribution >= 0.6 is 15.9 Å². The Labute approximate surface area is 130 Å². The van der Waals surface area contributed by atoms with Crippen LogP contribution in [-0.4, -0.2) is 6.10 Å². The first-order valence-corrected chi connectivity index (χ1v) is 8.33. The molecule has 3 unspecified atom stereocenters. The molecule has 0 radical (unpaired) electrons. The third-order valence-corrected chi connectivity index (χ3v) is 6.83. The van der Waals surface area contributed by atoms with E-state index in [2.05, 4.69) is 54.9 Å². The molecule has 2 nitrogen and oxygen atoms in total. The van der Waals surface area contributed by atoms with Crippen LogP contribution in [-0.2, 0) is 6.54 Å². The highest BCUT2D eigenvalue weighted by Gasteiger charge is 2.62. The Hall–Kier alpha value is -0.540. The summed E-state index contributed by atoms with van der Waals surface area (Å²) in [5.41, 5.74) is 7.49. The van der Waals surface area contributed by atoms with Gasteiger partial charge < -0.3 is 10.5 Å². The van der Waals surface area contributed by atoms with Gasteiger partial charge in [-0.05, 0) is 64.2 Å². The Bertz CT molecular complexity index is 528. The van der Waals surface area contributed by atoms with Crippen LogP contribution in [0.4, 0.5) is 0 Å². The molecule has 2 aliphatic carbocycles. The highest BCUT2D eigenvalue weighted by molar-refractivity contribution is 9.10. The minimum Gasteiger partial charge on any atom is -0.489 e. The molecule has 3 heteroatoms. The number of halogens is 1. The second-order valence-corrected chi connectivity index (χ2v) is 8.04. The van der Waals surface area contributed by atoms with Crippen molar-refractivity contribution in [3.8, 4) is 5.75 Å². The third-order valence-electron chi connectivity index (χ3n) is 6.22. The molecule has 2 bridgehead atoms. The van der Waals surface area contributed by atoms with Gasteiger partial charge in [-0.15, -0.1) is 0 Å². The van der Waals surface area contributed by atoms with E-state index in [1.54, 1.807) is 0 Å². The van der Waals surface area contributed by atoms with E-state index in [0.29, 0.717) is 23.5 Å². The van der Waals surface area contributed by atoms with Gasteiger partial charge in [0.15, 0.2) is 0 Å². The second-order valence-electron chi connectivity index (χ2n) is 7.19. The zero-order chi connectivity index (χ0) is 14.5. The molecule has 0 spiro atoms. The van der Waals surface area contributed by atoms with Crippen LogP contribution in [0.1, 0.15) is 45.6 Å². The van der Waals surface area contributed by atoms with E-state index in [0.717, 1.165) is 21.7 Å². The van der Waals surface area contributed by atoms with Crippen molar-refractivity contribution in [3.63, 3.8) is 0 Å². The van der Waals surface area contributed by atoms with Gasteiger partial charge in [-0.2, -0.15) is 0 Å². The summed E-state index contributed by atoms with van der Waals surface area (Å²) in [6.45, 7) is 7.81. The molecule has 0 amide bonds. The minimum absolute atomic E-state index is 0.295. The lowest BCUT2D eigenvalue weighted by Crippen LogP contribution is -2.38. The Morgan fingerprint density at radius 1 is 1.35 bits per heavy atom. The molecule has 1 aromatic carbocycles. The van der Waals surface area contributed by atoms with Crippen LogP contribution < -0.4 is 10.5 Å². The van der Waals surface area contributed by atoms with Crippen LogP contribution in [0.5, 0.6) is 5.75 Å². The second kappa shape index (κ2) is 4.74. The van der Waals surface area contributed by atoms with Gasteiger partial charge in [-0.3, -0.25) is 0 Å². The molecule has 2 N–H and O–H groups in total. The number of nitrogens with two attached hydrogens (primary N) is 1. The van der Waals surface area contributed by atoms with Gasteiger partial charge in [0.1, 0.15) is 11.9 Å². The zero-order valence-electron chi connectivity index (χ0n) is 12.6. The van der Waals surface area contributed by atoms with Crippen molar-refractivity contribution in [3.05, 3.63) is 28.2 Å². The number of hydrogen-bond donors (Lipinski definition) is 1. The van der Waals surface area contributed by atoms with Crippen LogP contribution in [0.15, 0.2) is 22.7 Å². The highest BCUT2D eigenvalue weighted by Crippen LogP contribution is 2.66. The van der Waals surface area contributed by atoms with Gasteiger partial charge in [0.05, 0.1) is 4.47 Å². The first kappa shape index (κ1) is 14.4. The minimum atomic E-state index is 0.295. The summed E-state index contributed by atoms with van der Waals surface area (Å²) in [6.07, 6.45) is 4.16. The fourth-order valence-corrected chi connectivity index (χ4v) is 4.75. The zero-order valence-corrected chi connectivity index (χ0v) is 14.2. The van der Waals surface area contributed by atoms with Crippen LogP contribution in [0, 0.1) is 16.7 Å². The quantitative estimate of drug-likeness (QED) is 0.881. The summed E-state index contributed by atoms with van der Waals surface area (Å²) < 4.78 is 7.41. The van der Waals surface area contributed by atoms with Crippen LogP contribution in [0.2, 0.25) is 0 Å². The standard InChI is InChI=1S/C17H24BrNO/c1-16(2)12-6-7-17(16,3)15(9-12)20-14-5-4-11(10-19)8-13(14)18/h4-5,8,12,15H,6-7,9-10,19H2,1-3H3. The van der Waals surface area contributed by atoms with E-state index in [-0.39, 0.29) is 0 Å². The fraction of sp³-hybridized carbons (Fsp3) is 0.647. The Morgan fingerprint density at radius 3 is 2.60 bits per heavy atom. The van der Waals surface area contributed by atoms with Crippen LogP contribution in [0.25, 0.3) is 0 Å². The molecule has 0 aromatic heterocycles. The lowest BCUT2D eigenvalue weighted by atomic mass is 9.70. The third kappa shape index (κ3) is 1.93. The molecule has 3 atom stereocenters. The summed E-state index contributed by atoms with van der Waals surface area (Å²) in [4.78, 5) is 0. The predicted octanol–water partition coefficient (Wildman–Crippen LogP) is 4.50. The van der Waals surface area contributed by atoms with Gasteiger partial charge in [0, 0.05) is 12.0 Å². The van der Waals surface area contributed by atoms with E-state index in [4.69, 9.17) is 10.5 Å². The van der Waals surface area contributed by atoms with E-state index < -0.39 is 0 Å². The average molecular weight is 338 g/mol. The molecule has 2 aliphatic rings. The van der Waals surface area contributed by atoms with E-state index in [1.807, 2.05) is 0 Å². The van der Waals surface area contributed by atoms with Gasteiger partial charge in [0.25, 0.3) is 0 Å². The maximum absolute atomic E-state index is 6.39. The Balaban J connectivity index is 1.83. The van der Waals surface area contributed by atoms with E-state index >= 15 is 0 Å². The summed E-state index contributed by atoms with van der Waals surface area (Å²) in [7, 11) is 0. The predicted molar refractivity (Wildman–Crippen MR) is 85.7 cm³/mol. The van der Waals surface area contributed by atoms with E-state index in [9.17, 15) is 0 Å². The van der Waals surface area contributed by atoms with Gasteiger partial charge in [-0.1, -0.05) is 26.8 Å². The molecule has 3 rings (SSSR count). The molecule has 2 saturated carbocycles. The number of hydrogen-bond acceptors (Lipinski definition) is 2. The maximum atomic E-state index is 6.39. The summed E-state index contributed by atoms with van der Waals surface area (Å²) in [5.74, 6) is 1.76. The SMILES string of the molecule is CC1(C)C2CCC1(C)C(Oc1ccc(CN)cc1Br)C2. The monoisotopic (exact) mass is 337 g/mol. The van der Waals surface area contributed by atoms with Gasteiger partial charge in [-0.25, -0.2) is 0 Å². The fourth-order valence-electron chi connectivity index (χ4n) is 4.23. The Kier molecular flexibility index (Phi) is 3.41. The van der Waals surface area contributed by atoms with Crippen molar-refractivity contribution in [2.24, 2.45) is 22.5 Å². The largest absolute Gasteiger partial charge is 0.489 e. The van der Waals surface area contributed by atoms with Crippen molar-refractivity contribution in [1.82, 2.24) is 0 Å². The number of rotatable bonds is 3. The van der Waals surface area contributed by atoms with Gasteiger partial charge >= 0.3 is 0 Å². The summed E-state index contributed by atoms with van der Waals surface area (Å²) in [6, 6.07) is 6.17. The highest BCUT2D eigenvalue weighted by atomic mass is 79.9. The summed E-state index contributed by atoms with van der Waals surface area (Å²) in [5, 5.41) is 0. The molecular formula is C17H24BrNO. The Morgan fingerprint density at radius 2 is 2.10 bits per heavy atom. The van der Waals surface area contributed by atoms with Gasteiger partial charge in [0.2, 0.25) is 0 Å². The number of ether oxygens (including phenoxy) is 1. The topological polar surface area (TPSA) is 35.2 Å². The smallest absolute Gasteiger partial charge is 0.133 e. The van der Waals surface area contributed by atoms with Crippen molar-refractivity contribution in [2.45, 2.75) is 52.7 Å². The molecule has 0 saturated heterocycles. The number of fused-ring (bicyclic) bond motifs is 2. The maximum Gasteiger partial charge on any atom is 0.133 e. The molecular weight excluding hydrogens is 314 g/mol. The molecule has 20 heavy (non-hydrogen) atoms. The van der Waals surface area contributed by atoms with Crippen LogP contribution in [0.3, 0.4) is 0 Å². The van der Waals surface area contributed by atoms with Crippen molar-refractivity contribution in [1.29, 1.82) is 0 Å². The normalized spacial score (nSPS) is 34.5. The molecule has 0 aliphatic heterocycles. The molecule has 2 fully saturated rings. The lowest BCUT2D eigenvalue weighted by molar-refractivity contribution is 0.0297. The molecule has 110 valence electrons. The average Bonchev–Trinajstić information content (AvgIpc) is 2.74. The van der Waals surface area contributed by atoms with Crippen molar-refractivity contribution < 1.29 is 4.74 Å². The first-order chi connectivity index (χ1) is 9.38.